The van der Waals surface area contributed by atoms with E-state index in [2.05, 4.69) is 10.6 Å². The Kier molecular flexibility index (Phi) is 5.09. The molecular formula is C18H18N2O2. The van der Waals surface area contributed by atoms with E-state index in [0.29, 0.717) is 11.4 Å². The zero-order valence-electron chi connectivity index (χ0n) is 12.6. The van der Waals surface area contributed by atoms with Crippen LogP contribution in [0.1, 0.15) is 19.4 Å². The summed E-state index contributed by atoms with van der Waals surface area (Å²) in [4.78, 5) is 22.9. The number of amides is 2. The number of nitrogens with one attached hydrogen (secondary N) is 2. The minimum absolute atomic E-state index is 0.127. The lowest BCUT2D eigenvalue weighted by molar-refractivity contribution is -0.114. The molecule has 0 fully saturated rings. The molecule has 2 amide bonds. The van der Waals surface area contributed by atoms with Gasteiger partial charge in [0.2, 0.25) is 11.8 Å². The molecule has 22 heavy (non-hydrogen) atoms. The van der Waals surface area contributed by atoms with Crippen LogP contribution in [-0.2, 0) is 9.59 Å². The van der Waals surface area contributed by atoms with Crippen molar-refractivity contribution in [3.05, 3.63) is 66.2 Å². The summed E-state index contributed by atoms with van der Waals surface area (Å²) in [6.07, 6.45) is 1.57. The van der Waals surface area contributed by atoms with Gasteiger partial charge in [0.05, 0.1) is 0 Å². The molecular weight excluding hydrogens is 276 g/mol. The van der Waals surface area contributed by atoms with Gasteiger partial charge in [0.15, 0.2) is 0 Å². The van der Waals surface area contributed by atoms with E-state index in [9.17, 15) is 9.59 Å². The van der Waals surface area contributed by atoms with Crippen molar-refractivity contribution < 1.29 is 9.59 Å². The number of hydrogen-bond donors (Lipinski definition) is 2. The van der Waals surface area contributed by atoms with E-state index in [4.69, 9.17) is 0 Å². The van der Waals surface area contributed by atoms with Gasteiger partial charge in [0, 0.05) is 24.4 Å². The second kappa shape index (κ2) is 7.22. The maximum atomic E-state index is 12.0. The molecule has 0 aromatic heterocycles. The third-order valence-corrected chi connectivity index (χ3v) is 3.05. The van der Waals surface area contributed by atoms with Crippen LogP contribution in [0.5, 0.6) is 0 Å². The van der Waals surface area contributed by atoms with Crippen LogP contribution in [0.3, 0.4) is 0 Å². The Labute approximate surface area is 129 Å². The van der Waals surface area contributed by atoms with Crippen molar-refractivity contribution in [2.24, 2.45) is 0 Å². The number of hydrogen-bond acceptors (Lipinski definition) is 2. The number of rotatable bonds is 4. The van der Waals surface area contributed by atoms with E-state index in [0.717, 1.165) is 11.1 Å². The van der Waals surface area contributed by atoms with Gasteiger partial charge >= 0.3 is 0 Å². The van der Waals surface area contributed by atoms with E-state index in [1.165, 1.54) is 6.92 Å². The van der Waals surface area contributed by atoms with Crippen LogP contribution in [0, 0.1) is 0 Å². The summed E-state index contributed by atoms with van der Waals surface area (Å²) in [7, 11) is 0. The van der Waals surface area contributed by atoms with Gasteiger partial charge in [-0.1, -0.05) is 30.3 Å². The summed E-state index contributed by atoms with van der Waals surface area (Å²) in [5.74, 6) is -0.313. The molecule has 0 unspecified atom stereocenters. The molecule has 0 aliphatic heterocycles. The summed E-state index contributed by atoms with van der Waals surface area (Å²) in [6.45, 7) is 3.35. The van der Waals surface area contributed by atoms with Gasteiger partial charge in [-0.3, -0.25) is 9.59 Å². The number of carbonyl (C=O) groups is 2. The Morgan fingerprint density at radius 2 is 1.36 bits per heavy atom. The SMILES string of the molecule is CC(=O)Nc1ccc(NC(=O)/C=C(\C)c2ccccc2)cc1. The molecule has 2 rings (SSSR count). The van der Waals surface area contributed by atoms with Gasteiger partial charge in [0.25, 0.3) is 0 Å². The average molecular weight is 294 g/mol. The Balaban J connectivity index is 2.01. The Hall–Kier alpha value is -2.88. The summed E-state index contributed by atoms with van der Waals surface area (Å²) < 4.78 is 0. The molecule has 4 nitrogen and oxygen atoms in total. The fraction of sp³-hybridized carbons (Fsp3) is 0.111. The van der Waals surface area contributed by atoms with Gasteiger partial charge in [-0.25, -0.2) is 0 Å². The predicted molar refractivity (Wildman–Crippen MR) is 89.5 cm³/mol. The minimum Gasteiger partial charge on any atom is -0.326 e. The Morgan fingerprint density at radius 3 is 1.91 bits per heavy atom. The fourth-order valence-corrected chi connectivity index (χ4v) is 2.00. The van der Waals surface area contributed by atoms with E-state index in [1.54, 1.807) is 30.3 Å². The van der Waals surface area contributed by atoms with Crippen LogP contribution >= 0.6 is 0 Å². The number of anilines is 2. The maximum absolute atomic E-state index is 12.0. The lowest BCUT2D eigenvalue weighted by Gasteiger charge is -2.06. The highest BCUT2D eigenvalue weighted by atomic mass is 16.2. The molecule has 2 aromatic carbocycles. The fourth-order valence-electron chi connectivity index (χ4n) is 2.00. The highest BCUT2D eigenvalue weighted by Crippen LogP contribution is 2.15. The number of benzene rings is 2. The smallest absolute Gasteiger partial charge is 0.248 e. The van der Waals surface area contributed by atoms with E-state index >= 15 is 0 Å². The molecule has 0 aliphatic rings. The lowest BCUT2D eigenvalue weighted by atomic mass is 10.1. The molecule has 0 saturated carbocycles. The van der Waals surface area contributed by atoms with Gasteiger partial charge in [-0.15, -0.1) is 0 Å². The van der Waals surface area contributed by atoms with Crippen LogP contribution in [0.15, 0.2) is 60.7 Å². The molecule has 0 spiro atoms. The Morgan fingerprint density at radius 1 is 0.818 bits per heavy atom. The highest BCUT2D eigenvalue weighted by Gasteiger charge is 2.02. The number of carbonyl (C=O) groups excluding carboxylic acids is 2. The first-order valence-corrected chi connectivity index (χ1v) is 6.97. The lowest BCUT2D eigenvalue weighted by Crippen LogP contribution is -2.09. The first-order chi connectivity index (χ1) is 10.5. The third kappa shape index (κ3) is 4.59. The third-order valence-electron chi connectivity index (χ3n) is 3.05. The monoisotopic (exact) mass is 294 g/mol. The first kappa shape index (κ1) is 15.5. The van der Waals surface area contributed by atoms with E-state index in [1.807, 2.05) is 37.3 Å². The minimum atomic E-state index is -0.186. The second-order valence-electron chi connectivity index (χ2n) is 4.94. The quantitative estimate of drug-likeness (QED) is 0.845. The highest BCUT2D eigenvalue weighted by molar-refractivity contribution is 6.03. The van der Waals surface area contributed by atoms with Crippen LogP contribution in [-0.4, -0.2) is 11.8 Å². The summed E-state index contributed by atoms with van der Waals surface area (Å²) in [5, 5.41) is 5.47. The molecule has 2 aromatic rings. The summed E-state index contributed by atoms with van der Waals surface area (Å²) >= 11 is 0. The second-order valence-corrected chi connectivity index (χ2v) is 4.94. The van der Waals surface area contributed by atoms with Crippen LogP contribution in [0.4, 0.5) is 11.4 Å². The van der Waals surface area contributed by atoms with Crippen molar-refractivity contribution in [1.82, 2.24) is 0 Å². The number of allylic oxidation sites excluding steroid dienone is 1. The van der Waals surface area contributed by atoms with Crippen molar-refractivity contribution in [3.8, 4) is 0 Å². The average Bonchev–Trinajstić information content (AvgIpc) is 2.49. The summed E-state index contributed by atoms with van der Waals surface area (Å²) in [5.41, 5.74) is 3.28. The van der Waals surface area contributed by atoms with Gasteiger partial charge < -0.3 is 10.6 Å². The molecule has 0 atom stereocenters. The molecule has 4 heteroatoms. The van der Waals surface area contributed by atoms with Gasteiger partial charge in [-0.05, 0) is 42.3 Å². The van der Waals surface area contributed by atoms with Crippen molar-refractivity contribution in [3.63, 3.8) is 0 Å². The Bertz CT molecular complexity index is 689. The molecule has 0 radical (unpaired) electrons. The molecule has 112 valence electrons. The van der Waals surface area contributed by atoms with Crippen molar-refractivity contribution in [1.29, 1.82) is 0 Å². The van der Waals surface area contributed by atoms with Gasteiger partial charge in [-0.2, -0.15) is 0 Å². The normalized spacial score (nSPS) is 10.9. The van der Waals surface area contributed by atoms with Crippen molar-refractivity contribution in [2.45, 2.75) is 13.8 Å². The van der Waals surface area contributed by atoms with Crippen LogP contribution in [0.25, 0.3) is 5.57 Å². The van der Waals surface area contributed by atoms with Gasteiger partial charge in [0.1, 0.15) is 0 Å². The largest absolute Gasteiger partial charge is 0.326 e. The van der Waals surface area contributed by atoms with Crippen LogP contribution < -0.4 is 10.6 Å². The zero-order chi connectivity index (χ0) is 15.9. The van der Waals surface area contributed by atoms with Crippen molar-refractivity contribution >= 4 is 28.8 Å². The maximum Gasteiger partial charge on any atom is 0.248 e. The predicted octanol–water partition coefficient (Wildman–Crippen LogP) is 3.69. The van der Waals surface area contributed by atoms with E-state index in [-0.39, 0.29) is 11.8 Å². The van der Waals surface area contributed by atoms with E-state index < -0.39 is 0 Å². The van der Waals surface area contributed by atoms with Crippen LogP contribution in [0.2, 0.25) is 0 Å². The standard InChI is InChI=1S/C18H18N2O2/c1-13(15-6-4-3-5-7-15)12-18(22)20-17-10-8-16(9-11-17)19-14(2)21/h3-12H,1-2H3,(H,19,21)(H,20,22)/b13-12+. The first-order valence-electron chi connectivity index (χ1n) is 6.97. The molecule has 0 aliphatic carbocycles. The molecule has 0 saturated heterocycles. The molecule has 0 bridgehead atoms. The van der Waals surface area contributed by atoms with Crippen molar-refractivity contribution in [2.75, 3.05) is 10.6 Å². The zero-order valence-corrected chi connectivity index (χ0v) is 12.6. The summed E-state index contributed by atoms with van der Waals surface area (Å²) in [6, 6.07) is 16.7. The molecule has 2 N–H and O–H groups in total. The topological polar surface area (TPSA) is 58.2 Å². The molecule has 0 heterocycles.